The Hall–Kier alpha value is -1.71. The van der Waals surface area contributed by atoms with E-state index in [0.717, 1.165) is 36.1 Å². The summed E-state index contributed by atoms with van der Waals surface area (Å²) < 4.78 is 25.3. The van der Waals surface area contributed by atoms with E-state index in [9.17, 15) is 18.5 Å². The molecule has 0 radical (unpaired) electrons. The predicted octanol–water partition coefficient (Wildman–Crippen LogP) is 1.53. The van der Waals surface area contributed by atoms with Crippen molar-refractivity contribution in [1.82, 2.24) is 4.31 Å². The molecule has 0 amide bonds. The lowest BCUT2D eigenvalue weighted by molar-refractivity contribution is -0.384. The van der Waals surface area contributed by atoms with Crippen molar-refractivity contribution >= 4 is 21.4 Å². The molecular formula is C14H22N4O4S. The largest absolute Gasteiger partial charge is 0.377 e. The van der Waals surface area contributed by atoms with E-state index in [2.05, 4.69) is 5.32 Å². The molecular weight excluding hydrogens is 320 g/mol. The SMILES string of the molecule is CN(C)S(=O)(=O)c1ccc(NC2CCC(N)CC2)c([N+](=O)[O-])c1. The Labute approximate surface area is 135 Å². The van der Waals surface area contributed by atoms with Crippen LogP contribution in [-0.2, 0) is 10.0 Å². The molecule has 0 heterocycles. The molecule has 23 heavy (non-hydrogen) atoms. The zero-order chi connectivity index (χ0) is 17.2. The zero-order valence-corrected chi connectivity index (χ0v) is 14.0. The third-order valence-electron chi connectivity index (χ3n) is 4.08. The standard InChI is InChI=1S/C14H22N4O4S/c1-17(2)23(21,22)12-7-8-13(14(9-12)18(19)20)16-11-5-3-10(15)4-6-11/h7-11,16H,3-6,15H2,1-2H3. The lowest BCUT2D eigenvalue weighted by atomic mass is 9.91. The van der Waals surface area contributed by atoms with Crippen LogP contribution in [0.4, 0.5) is 11.4 Å². The number of hydrogen-bond donors (Lipinski definition) is 2. The van der Waals surface area contributed by atoms with Crippen LogP contribution in [0.25, 0.3) is 0 Å². The van der Waals surface area contributed by atoms with Crippen LogP contribution in [0.2, 0.25) is 0 Å². The maximum Gasteiger partial charge on any atom is 0.293 e. The van der Waals surface area contributed by atoms with Crippen molar-refractivity contribution < 1.29 is 13.3 Å². The second-order valence-electron chi connectivity index (χ2n) is 5.98. The van der Waals surface area contributed by atoms with Gasteiger partial charge in [0.15, 0.2) is 0 Å². The Bertz CT molecular complexity index is 682. The highest BCUT2D eigenvalue weighted by molar-refractivity contribution is 7.89. The number of nitrogens with zero attached hydrogens (tertiary/aromatic N) is 2. The highest BCUT2D eigenvalue weighted by atomic mass is 32.2. The molecule has 9 heteroatoms. The summed E-state index contributed by atoms with van der Waals surface area (Å²) >= 11 is 0. The Morgan fingerprint density at radius 3 is 2.39 bits per heavy atom. The monoisotopic (exact) mass is 342 g/mol. The Morgan fingerprint density at radius 1 is 1.26 bits per heavy atom. The number of benzene rings is 1. The van der Waals surface area contributed by atoms with Crippen molar-refractivity contribution in [1.29, 1.82) is 0 Å². The molecule has 0 aliphatic heterocycles. The van der Waals surface area contributed by atoms with E-state index in [1.807, 2.05) is 0 Å². The van der Waals surface area contributed by atoms with Gasteiger partial charge in [0.2, 0.25) is 10.0 Å². The third-order valence-corrected chi connectivity index (χ3v) is 5.89. The van der Waals surface area contributed by atoms with E-state index >= 15 is 0 Å². The van der Waals surface area contributed by atoms with Crippen LogP contribution in [0.5, 0.6) is 0 Å². The first-order chi connectivity index (χ1) is 10.7. The molecule has 0 atom stereocenters. The first-order valence-corrected chi connectivity index (χ1v) is 8.89. The molecule has 1 saturated carbocycles. The van der Waals surface area contributed by atoms with Crippen molar-refractivity contribution in [3.63, 3.8) is 0 Å². The average molecular weight is 342 g/mol. The van der Waals surface area contributed by atoms with Crippen LogP contribution in [0, 0.1) is 10.1 Å². The van der Waals surface area contributed by atoms with Crippen LogP contribution in [0.1, 0.15) is 25.7 Å². The van der Waals surface area contributed by atoms with E-state index in [1.165, 1.54) is 26.2 Å². The van der Waals surface area contributed by atoms with Gasteiger partial charge in [-0.2, -0.15) is 0 Å². The van der Waals surface area contributed by atoms with Crippen molar-refractivity contribution in [3.8, 4) is 0 Å². The third kappa shape index (κ3) is 3.98. The number of anilines is 1. The molecule has 3 N–H and O–H groups in total. The molecule has 1 aliphatic rings. The summed E-state index contributed by atoms with van der Waals surface area (Å²) in [5.74, 6) is 0. The molecule has 0 bridgehead atoms. The maximum absolute atomic E-state index is 12.1. The van der Waals surface area contributed by atoms with Gasteiger partial charge >= 0.3 is 0 Å². The number of nitrogens with two attached hydrogens (primary N) is 1. The molecule has 1 aromatic rings. The molecule has 1 fully saturated rings. The number of sulfonamides is 1. The summed E-state index contributed by atoms with van der Waals surface area (Å²) in [6, 6.07) is 4.26. The molecule has 128 valence electrons. The zero-order valence-electron chi connectivity index (χ0n) is 13.2. The minimum absolute atomic E-state index is 0.0922. The molecule has 0 saturated heterocycles. The Morgan fingerprint density at radius 2 is 1.87 bits per heavy atom. The minimum atomic E-state index is -3.71. The normalized spacial score (nSPS) is 22.1. The quantitative estimate of drug-likeness (QED) is 0.619. The van der Waals surface area contributed by atoms with Crippen LogP contribution >= 0.6 is 0 Å². The van der Waals surface area contributed by atoms with Crippen LogP contribution in [0.3, 0.4) is 0 Å². The smallest absolute Gasteiger partial charge is 0.293 e. The second-order valence-corrected chi connectivity index (χ2v) is 8.13. The van der Waals surface area contributed by atoms with Crippen molar-refractivity contribution in [3.05, 3.63) is 28.3 Å². The summed E-state index contributed by atoms with van der Waals surface area (Å²) in [4.78, 5) is 10.6. The van der Waals surface area contributed by atoms with Gasteiger partial charge in [-0.3, -0.25) is 10.1 Å². The molecule has 1 aromatic carbocycles. The van der Waals surface area contributed by atoms with E-state index in [-0.39, 0.29) is 22.7 Å². The highest BCUT2D eigenvalue weighted by Crippen LogP contribution is 2.31. The van der Waals surface area contributed by atoms with Crippen LogP contribution < -0.4 is 11.1 Å². The van der Waals surface area contributed by atoms with Crippen molar-refractivity contribution in [2.75, 3.05) is 19.4 Å². The number of hydrogen-bond acceptors (Lipinski definition) is 6. The van der Waals surface area contributed by atoms with Gasteiger partial charge in [-0.15, -0.1) is 0 Å². The Kier molecular flexibility index (Phi) is 5.23. The lowest BCUT2D eigenvalue weighted by Gasteiger charge is -2.27. The van der Waals surface area contributed by atoms with Gasteiger partial charge in [0.05, 0.1) is 9.82 Å². The Balaban J connectivity index is 2.29. The van der Waals surface area contributed by atoms with E-state index in [1.54, 1.807) is 0 Å². The molecule has 1 aliphatic carbocycles. The number of rotatable bonds is 5. The van der Waals surface area contributed by atoms with Gasteiger partial charge in [0.1, 0.15) is 5.69 Å². The molecule has 0 aromatic heterocycles. The van der Waals surface area contributed by atoms with Gasteiger partial charge in [-0.25, -0.2) is 12.7 Å². The second kappa shape index (κ2) is 6.81. The van der Waals surface area contributed by atoms with E-state index < -0.39 is 14.9 Å². The molecule has 8 nitrogen and oxygen atoms in total. The van der Waals surface area contributed by atoms with Gasteiger partial charge in [-0.05, 0) is 37.8 Å². The lowest BCUT2D eigenvalue weighted by Crippen LogP contribution is -2.33. The fraction of sp³-hybridized carbons (Fsp3) is 0.571. The number of nitro benzene ring substituents is 1. The fourth-order valence-electron chi connectivity index (χ4n) is 2.64. The van der Waals surface area contributed by atoms with Gasteiger partial charge in [0.25, 0.3) is 5.69 Å². The summed E-state index contributed by atoms with van der Waals surface area (Å²) in [5.41, 5.74) is 5.96. The summed E-state index contributed by atoms with van der Waals surface area (Å²) in [5, 5.41) is 14.5. The summed E-state index contributed by atoms with van der Waals surface area (Å²) in [6.45, 7) is 0. The highest BCUT2D eigenvalue weighted by Gasteiger charge is 2.25. The summed E-state index contributed by atoms with van der Waals surface area (Å²) in [7, 11) is -0.930. The predicted molar refractivity (Wildman–Crippen MR) is 87.8 cm³/mol. The first-order valence-electron chi connectivity index (χ1n) is 7.45. The number of nitro groups is 1. The average Bonchev–Trinajstić information content (AvgIpc) is 2.49. The van der Waals surface area contributed by atoms with Crippen LogP contribution in [-0.4, -0.2) is 43.8 Å². The van der Waals surface area contributed by atoms with Gasteiger partial charge in [-0.1, -0.05) is 0 Å². The first kappa shape index (κ1) is 17.6. The van der Waals surface area contributed by atoms with Crippen LogP contribution in [0.15, 0.2) is 23.1 Å². The fourth-order valence-corrected chi connectivity index (χ4v) is 3.56. The van der Waals surface area contributed by atoms with Crippen molar-refractivity contribution in [2.24, 2.45) is 5.73 Å². The number of nitrogens with one attached hydrogen (secondary N) is 1. The molecule has 0 unspecified atom stereocenters. The van der Waals surface area contributed by atoms with Gasteiger partial charge < -0.3 is 11.1 Å². The van der Waals surface area contributed by atoms with Crippen molar-refractivity contribution in [2.45, 2.75) is 42.7 Å². The topological polar surface area (TPSA) is 119 Å². The molecule has 2 rings (SSSR count). The maximum atomic E-state index is 12.1. The van der Waals surface area contributed by atoms with Gasteiger partial charge in [0, 0.05) is 32.2 Å². The summed E-state index contributed by atoms with van der Waals surface area (Å²) in [6.07, 6.45) is 3.43. The van der Waals surface area contributed by atoms with E-state index in [4.69, 9.17) is 5.73 Å². The minimum Gasteiger partial charge on any atom is -0.377 e. The van der Waals surface area contributed by atoms with E-state index in [0.29, 0.717) is 5.69 Å². The molecule has 0 spiro atoms.